The van der Waals surface area contributed by atoms with Crippen LogP contribution in [0.15, 0.2) is 18.3 Å². The quantitative estimate of drug-likeness (QED) is 0.897. The highest BCUT2D eigenvalue weighted by molar-refractivity contribution is 5.74. The highest BCUT2D eigenvalue weighted by Crippen LogP contribution is 2.29. The molecule has 1 saturated heterocycles. The Labute approximate surface area is 126 Å². The Balaban J connectivity index is 1.89. The summed E-state index contributed by atoms with van der Waals surface area (Å²) in [5.74, 6) is 0.492. The minimum absolute atomic E-state index is 0.0269. The van der Waals surface area contributed by atoms with Gasteiger partial charge in [0.05, 0.1) is 5.56 Å². The second-order valence-electron chi connectivity index (χ2n) is 5.23. The van der Waals surface area contributed by atoms with Gasteiger partial charge >= 0.3 is 12.2 Å². The predicted molar refractivity (Wildman–Crippen MR) is 76.7 cm³/mol. The average molecular weight is 316 g/mol. The van der Waals surface area contributed by atoms with Gasteiger partial charge < -0.3 is 15.5 Å². The molecular weight excluding hydrogens is 297 g/mol. The number of nitrogens with zero attached hydrogens (tertiary/aromatic N) is 2. The average Bonchev–Trinajstić information content (AvgIpc) is 2.93. The molecule has 22 heavy (non-hydrogen) atoms. The molecule has 1 aliphatic heterocycles. The van der Waals surface area contributed by atoms with Crippen molar-refractivity contribution >= 4 is 11.8 Å². The SMILES string of the molecule is CCCNC(=O)NC1CCN(c2ccc(C(F)(F)F)cn2)C1. The number of urea groups is 1. The van der Waals surface area contributed by atoms with E-state index < -0.39 is 11.7 Å². The summed E-state index contributed by atoms with van der Waals surface area (Å²) in [7, 11) is 0. The number of rotatable bonds is 4. The molecule has 1 aliphatic rings. The minimum Gasteiger partial charge on any atom is -0.354 e. The van der Waals surface area contributed by atoms with Crippen molar-refractivity contribution in [2.45, 2.75) is 32.0 Å². The van der Waals surface area contributed by atoms with Crippen molar-refractivity contribution in [3.63, 3.8) is 0 Å². The maximum Gasteiger partial charge on any atom is 0.417 e. The highest BCUT2D eigenvalue weighted by Gasteiger charge is 2.31. The molecular formula is C14H19F3N4O. The second kappa shape index (κ2) is 6.85. The summed E-state index contributed by atoms with van der Waals surface area (Å²) in [6.45, 7) is 3.77. The van der Waals surface area contributed by atoms with E-state index >= 15 is 0 Å². The largest absolute Gasteiger partial charge is 0.417 e. The summed E-state index contributed by atoms with van der Waals surface area (Å²) in [6.07, 6.45) is -1.94. The molecule has 2 amide bonds. The number of alkyl halides is 3. The summed E-state index contributed by atoms with van der Waals surface area (Å²) >= 11 is 0. The zero-order valence-corrected chi connectivity index (χ0v) is 12.3. The van der Waals surface area contributed by atoms with Crippen LogP contribution in [0.25, 0.3) is 0 Å². The van der Waals surface area contributed by atoms with Crippen LogP contribution in [0.5, 0.6) is 0 Å². The Bertz CT molecular complexity index is 504. The molecule has 2 rings (SSSR count). The van der Waals surface area contributed by atoms with E-state index in [9.17, 15) is 18.0 Å². The third-order valence-electron chi connectivity index (χ3n) is 3.46. The van der Waals surface area contributed by atoms with Gasteiger partial charge in [-0.15, -0.1) is 0 Å². The molecule has 0 radical (unpaired) electrons. The summed E-state index contributed by atoms with van der Waals surface area (Å²) < 4.78 is 37.5. The van der Waals surface area contributed by atoms with Crippen molar-refractivity contribution in [3.8, 4) is 0 Å². The molecule has 0 aliphatic carbocycles. The first-order valence-corrected chi connectivity index (χ1v) is 7.22. The fourth-order valence-electron chi connectivity index (χ4n) is 2.30. The third kappa shape index (κ3) is 4.25. The molecule has 1 atom stereocenters. The van der Waals surface area contributed by atoms with E-state index in [0.29, 0.717) is 25.5 Å². The number of nitrogens with one attached hydrogen (secondary N) is 2. The van der Waals surface area contributed by atoms with Crippen molar-refractivity contribution < 1.29 is 18.0 Å². The Kier molecular flexibility index (Phi) is 5.10. The van der Waals surface area contributed by atoms with Crippen molar-refractivity contribution in [2.75, 3.05) is 24.5 Å². The maximum absolute atomic E-state index is 12.5. The molecule has 2 N–H and O–H groups in total. The van der Waals surface area contributed by atoms with Gasteiger partial charge in [0.15, 0.2) is 0 Å². The van der Waals surface area contributed by atoms with Crippen LogP contribution in [-0.4, -0.2) is 36.7 Å². The van der Waals surface area contributed by atoms with Crippen LogP contribution >= 0.6 is 0 Å². The Morgan fingerprint density at radius 3 is 2.82 bits per heavy atom. The van der Waals surface area contributed by atoms with Gasteiger partial charge in [0.2, 0.25) is 0 Å². The van der Waals surface area contributed by atoms with Crippen LogP contribution in [0.3, 0.4) is 0 Å². The van der Waals surface area contributed by atoms with Gasteiger partial charge in [0, 0.05) is 31.9 Å². The van der Waals surface area contributed by atoms with E-state index in [4.69, 9.17) is 0 Å². The summed E-state index contributed by atoms with van der Waals surface area (Å²) in [5.41, 5.74) is -0.760. The third-order valence-corrected chi connectivity index (χ3v) is 3.46. The van der Waals surface area contributed by atoms with Gasteiger partial charge in [-0.1, -0.05) is 6.92 Å². The number of amides is 2. The first-order valence-electron chi connectivity index (χ1n) is 7.22. The van der Waals surface area contributed by atoms with Crippen LogP contribution in [0.1, 0.15) is 25.3 Å². The molecule has 1 unspecified atom stereocenters. The summed E-state index contributed by atoms with van der Waals surface area (Å²) in [6, 6.07) is 2.15. The molecule has 1 aromatic heterocycles. The minimum atomic E-state index is -4.38. The standard InChI is InChI=1S/C14H19F3N4O/c1-2-6-18-13(22)20-11-5-7-21(9-11)12-4-3-10(8-19-12)14(15,16)17/h3-4,8,11H,2,5-7,9H2,1H3,(H2,18,20,22). The number of aromatic nitrogens is 1. The zero-order valence-electron chi connectivity index (χ0n) is 12.3. The molecule has 0 saturated carbocycles. The van der Waals surface area contributed by atoms with E-state index in [-0.39, 0.29) is 12.1 Å². The molecule has 1 aromatic rings. The van der Waals surface area contributed by atoms with E-state index in [1.165, 1.54) is 6.07 Å². The molecule has 0 aromatic carbocycles. The summed E-state index contributed by atoms with van der Waals surface area (Å²) in [4.78, 5) is 17.3. The fourth-order valence-corrected chi connectivity index (χ4v) is 2.30. The highest BCUT2D eigenvalue weighted by atomic mass is 19.4. The van der Waals surface area contributed by atoms with Gasteiger partial charge in [0.1, 0.15) is 5.82 Å². The lowest BCUT2D eigenvalue weighted by Crippen LogP contribution is -2.43. The Hall–Kier alpha value is -1.99. The molecule has 0 bridgehead atoms. The molecule has 8 heteroatoms. The molecule has 122 valence electrons. The van der Waals surface area contributed by atoms with Crippen molar-refractivity contribution in [1.82, 2.24) is 15.6 Å². The van der Waals surface area contributed by atoms with E-state index in [2.05, 4.69) is 15.6 Å². The molecule has 0 spiro atoms. The number of halogens is 3. The maximum atomic E-state index is 12.5. The van der Waals surface area contributed by atoms with Gasteiger partial charge in [-0.3, -0.25) is 0 Å². The van der Waals surface area contributed by atoms with E-state index in [1.807, 2.05) is 11.8 Å². The van der Waals surface area contributed by atoms with Crippen molar-refractivity contribution in [2.24, 2.45) is 0 Å². The van der Waals surface area contributed by atoms with Crippen LogP contribution in [-0.2, 0) is 6.18 Å². The van der Waals surface area contributed by atoms with Crippen LogP contribution in [0.4, 0.5) is 23.8 Å². The van der Waals surface area contributed by atoms with E-state index in [0.717, 1.165) is 25.1 Å². The van der Waals surface area contributed by atoms with E-state index in [1.54, 1.807) is 0 Å². The van der Waals surface area contributed by atoms with Crippen LogP contribution in [0, 0.1) is 0 Å². The predicted octanol–water partition coefficient (Wildman–Crippen LogP) is 2.39. The normalized spacial score (nSPS) is 18.4. The second-order valence-corrected chi connectivity index (χ2v) is 5.23. The number of carbonyl (C=O) groups excluding carboxylic acids is 1. The lowest BCUT2D eigenvalue weighted by atomic mass is 10.2. The number of hydrogen-bond acceptors (Lipinski definition) is 3. The van der Waals surface area contributed by atoms with Gasteiger partial charge in [-0.2, -0.15) is 13.2 Å². The summed E-state index contributed by atoms with van der Waals surface area (Å²) in [5, 5.41) is 5.58. The number of pyridine rings is 1. The van der Waals surface area contributed by atoms with Crippen molar-refractivity contribution in [1.29, 1.82) is 0 Å². The van der Waals surface area contributed by atoms with Crippen LogP contribution < -0.4 is 15.5 Å². The van der Waals surface area contributed by atoms with Crippen LogP contribution in [0.2, 0.25) is 0 Å². The van der Waals surface area contributed by atoms with Gasteiger partial charge in [-0.25, -0.2) is 9.78 Å². The smallest absolute Gasteiger partial charge is 0.354 e. The molecule has 1 fully saturated rings. The first-order chi connectivity index (χ1) is 10.4. The lowest BCUT2D eigenvalue weighted by Gasteiger charge is -2.18. The van der Waals surface area contributed by atoms with Gasteiger partial charge in [-0.05, 0) is 25.0 Å². The number of carbonyl (C=O) groups is 1. The number of anilines is 1. The lowest BCUT2D eigenvalue weighted by molar-refractivity contribution is -0.137. The monoisotopic (exact) mass is 316 g/mol. The molecule has 5 nitrogen and oxygen atoms in total. The molecule has 2 heterocycles. The van der Waals surface area contributed by atoms with Crippen molar-refractivity contribution in [3.05, 3.63) is 23.9 Å². The first kappa shape index (κ1) is 16.4. The topological polar surface area (TPSA) is 57.3 Å². The Morgan fingerprint density at radius 1 is 1.45 bits per heavy atom. The fraction of sp³-hybridized carbons (Fsp3) is 0.571. The zero-order chi connectivity index (χ0) is 16.2. The van der Waals surface area contributed by atoms with Gasteiger partial charge in [0.25, 0.3) is 0 Å². The number of hydrogen-bond donors (Lipinski definition) is 2. The Morgan fingerprint density at radius 2 is 2.23 bits per heavy atom.